The van der Waals surface area contributed by atoms with E-state index in [0.29, 0.717) is 5.41 Å². The van der Waals surface area contributed by atoms with Crippen molar-refractivity contribution in [1.29, 1.82) is 0 Å². The lowest BCUT2D eigenvalue weighted by Crippen LogP contribution is -2.47. The van der Waals surface area contributed by atoms with Gasteiger partial charge in [0.05, 0.1) is 0 Å². The SMILES string of the molecule is CCC1CCCCC1NCC1(C)CCN(C)CC1. The molecule has 2 rings (SSSR count). The van der Waals surface area contributed by atoms with Crippen LogP contribution < -0.4 is 5.32 Å². The van der Waals surface area contributed by atoms with Gasteiger partial charge in [-0.25, -0.2) is 0 Å². The average molecular weight is 252 g/mol. The topological polar surface area (TPSA) is 15.3 Å². The Balaban J connectivity index is 1.79. The fourth-order valence-corrected chi connectivity index (χ4v) is 3.68. The Hall–Kier alpha value is -0.0800. The highest BCUT2D eigenvalue weighted by atomic mass is 15.1. The van der Waals surface area contributed by atoms with Crippen LogP contribution in [0.1, 0.15) is 58.8 Å². The van der Waals surface area contributed by atoms with Gasteiger partial charge < -0.3 is 10.2 Å². The second-order valence-electron chi connectivity index (χ2n) is 7.05. The lowest BCUT2D eigenvalue weighted by molar-refractivity contribution is 0.124. The fraction of sp³-hybridized carbons (Fsp3) is 1.00. The Morgan fingerprint density at radius 1 is 1.17 bits per heavy atom. The Morgan fingerprint density at radius 3 is 2.50 bits per heavy atom. The van der Waals surface area contributed by atoms with Crippen molar-refractivity contribution in [2.24, 2.45) is 11.3 Å². The van der Waals surface area contributed by atoms with Crippen LogP contribution in [-0.2, 0) is 0 Å². The van der Waals surface area contributed by atoms with Crippen LogP contribution in [-0.4, -0.2) is 37.6 Å². The predicted octanol–water partition coefficient (Wildman–Crippen LogP) is 3.28. The van der Waals surface area contributed by atoms with Crippen molar-refractivity contribution in [2.45, 2.75) is 64.8 Å². The fourth-order valence-electron chi connectivity index (χ4n) is 3.68. The minimum atomic E-state index is 0.544. The van der Waals surface area contributed by atoms with Crippen molar-refractivity contribution in [3.8, 4) is 0 Å². The molecule has 0 aromatic rings. The average Bonchev–Trinajstić information content (AvgIpc) is 2.41. The van der Waals surface area contributed by atoms with Crippen molar-refractivity contribution in [3.63, 3.8) is 0 Å². The van der Waals surface area contributed by atoms with Crippen LogP contribution in [0.4, 0.5) is 0 Å². The molecule has 0 aromatic heterocycles. The van der Waals surface area contributed by atoms with Gasteiger partial charge in [0.2, 0.25) is 0 Å². The van der Waals surface area contributed by atoms with Gasteiger partial charge in [-0.15, -0.1) is 0 Å². The Kier molecular flexibility index (Phi) is 5.08. The normalized spacial score (nSPS) is 33.5. The van der Waals surface area contributed by atoms with E-state index in [1.807, 2.05) is 0 Å². The first kappa shape index (κ1) is 14.3. The second kappa shape index (κ2) is 6.38. The van der Waals surface area contributed by atoms with Gasteiger partial charge in [-0.2, -0.15) is 0 Å². The van der Waals surface area contributed by atoms with Crippen molar-refractivity contribution < 1.29 is 0 Å². The lowest BCUT2D eigenvalue weighted by Gasteiger charge is -2.40. The van der Waals surface area contributed by atoms with Gasteiger partial charge >= 0.3 is 0 Å². The summed E-state index contributed by atoms with van der Waals surface area (Å²) in [5, 5.41) is 3.93. The molecule has 2 unspecified atom stereocenters. The molecule has 2 fully saturated rings. The van der Waals surface area contributed by atoms with E-state index in [1.54, 1.807) is 0 Å². The van der Waals surface area contributed by atoms with Crippen LogP contribution in [0.15, 0.2) is 0 Å². The standard InChI is InChI=1S/C16H32N2/c1-4-14-7-5-6-8-15(14)17-13-16(2)9-11-18(3)12-10-16/h14-15,17H,4-13H2,1-3H3. The van der Waals surface area contributed by atoms with E-state index in [4.69, 9.17) is 0 Å². The lowest BCUT2D eigenvalue weighted by atomic mass is 9.78. The summed E-state index contributed by atoms with van der Waals surface area (Å²) in [5.41, 5.74) is 0.544. The predicted molar refractivity (Wildman–Crippen MR) is 78.9 cm³/mol. The Morgan fingerprint density at radius 2 is 1.83 bits per heavy atom. The number of nitrogens with zero attached hydrogens (tertiary/aromatic N) is 1. The molecule has 2 aliphatic rings. The van der Waals surface area contributed by atoms with Gasteiger partial charge in [-0.3, -0.25) is 0 Å². The number of hydrogen-bond donors (Lipinski definition) is 1. The molecule has 1 aliphatic heterocycles. The van der Waals surface area contributed by atoms with Crippen LogP contribution in [0.5, 0.6) is 0 Å². The van der Waals surface area contributed by atoms with Gasteiger partial charge in [0.25, 0.3) is 0 Å². The molecule has 2 heteroatoms. The maximum Gasteiger partial charge on any atom is 0.00954 e. The molecule has 2 nitrogen and oxygen atoms in total. The van der Waals surface area contributed by atoms with E-state index in [1.165, 1.54) is 64.6 Å². The molecule has 0 radical (unpaired) electrons. The molecule has 1 heterocycles. The molecule has 1 aliphatic carbocycles. The van der Waals surface area contributed by atoms with Gasteiger partial charge in [-0.05, 0) is 57.2 Å². The first-order valence-electron chi connectivity index (χ1n) is 8.05. The molecule has 1 saturated carbocycles. The molecule has 0 spiro atoms. The van der Waals surface area contributed by atoms with Crippen LogP contribution in [0.2, 0.25) is 0 Å². The highest BCUT2D eigenvalue weighted by Gasteiger charge is 2.31. The second-order valence-corrected chi connectivity index (χ2v) is 7.05. The largest absolute Gasteiger partial charge is 0.313 e. The van der Waals surface area contributed by atoms with Crippen molar-refractivity contribution in [3.05, 3.63) is 0 Å². The summed E-state index contributed by atoms with van der Waals surface area (Å²) in [4.78, 5) is 2.47. The third kappa shape index (κ3) is 3.71. The molecule has 18 heavy (non-hydrogen) atoms. The van der Waals surface area contributed by atoms with Gasteiger partial charge in [0, 0.05) is 12.6 Å². The van der Waals surface area contributed by atoms with E-state index in [2.05, 4.69) is 31.1 Å². The molecule has 0 aromatic carbocycles. The number of rotatable bonds is 4. The van der Waals surface area contributed by atoms with Crippen LogP contribution in [0, 0.1) is 11.3 Å². The molecule has 1 N–H and O–H groups in total. The monoisotopic (exact) mass is 252 g/mol. The van der Waals surface area contributed by atoms with E-state index < -0.39 is 0 Å². The first-order valence-corrected chi connectivity index (χ1v) is 8.05. The molecule has 1 saturated heterocycles. The summed E-state index contributed by atoms with van der Waals surface area (Å²) < 4.78 is 0. The van der Waals surface area contributed by atoms with Gasteiger partial charge in [-0.1, -0.05) is 33.1 Å². The quantitative estimate of drug-likeness (QED) is 0.826. The molecular formula is C16H32N2. The van der Waals surface area contributed by atoms with Gasteiger partial charge in [0.15, 0.2) is 0 Å². The van der Waals surface area contributed by atoms with Crippen LogP contribution in [0.3, 0.4) is 0 Å². The molecule has 106 valence electrons. The van der Waals surface area contributed by atoms with Crippen molar-refractivity contribution >= 4 is 0 Å². The smallest absolute Gasteiger partial charge is 0.00954 e. The third-order valence-electron chi connectivity index (χ3n) is 5.42. The third-order valence-corrected chi connectivity index (χ3v) is 5.42. The molecule has 2 atom stereocenters. The highest BCUT2D eigenvalue weighted by molar-refractivity contribution is 4.87. The summed E-state index contributed by atoms with van der Waals surface area (Å²) >= 11 is 0. The zero-order valence-corrected chi connectivity index (χ0v) is 12.7. The summed E-state index contributed by atoms with van der Waals surface area (Å²) in [6.07, 6.45) is 9.84. The summed E-state index contributed by atoms with van der Waals surface area (Å²) in [6, 6.07) is 0.806. The molecule has 0 bridgehead atoms. The number of piperidine rings is 1. The molecular weight excluding hydrogens is 220 g/mol. The summed E-state index contributed by atoms with van der Waals surface area (Å²) in [6.45, 7) is 8.64. The number of hydrogen-bond acceptors (Lipinski definition) is 2. The minimum absolute atomic E-state index is 0.544. The van der Waals surface area contributed by atoms with Crippen LogP contribution in [0.25, 0.3) is 0 Å². The Bertz CT molecular complexity index is 243. The van der Waals surface area contributed by atoms with Gasteiger partial charge in [0.1, 0.15) is 0 Å². The highest BCUT2D eigenvalue weighted by Crippen LogP contribution is 2.32. The van der Waals surface area contributed by atoms with Crippen LogP contribution >= 0.6 is 0 Å². The maximum atomic E-state index is 3.93. The zero-order chi connectivity index (χ0) is 13.0. The van der Waals surface area contributed by atoms with E-state index >= 15 is 0 Å². The number of nitrogens with one attached hydrogen (secondary N) is 1. The summed E-state index contributed by atoms with van der Waals surface area (Å²) in [5.74, 6) is 0.939. The van der Waals surface area contributed by atoms with E-state index in [-0.39, 0.29) is 0 Å². The minimum Gasteiger partial charge on any atom is -0.313 e. The van der Waals surface area contributed by atoms with Crippen molar-refractivity contribution in [2.75, 3.05) is 26.7 Å². The number of likely N-dealkylation sites (tertiary alicyclic amines) is 1. The Labute approximate surface area is 114 Å². The van der Waals surface area contributed by atoms with E-state index in [9.17, 15) is 0 Å². The first-order chi connectivity index (χ1) is 8.63. The molecule has 0 amide bonds. The van der Waals surface area contributed by atoms with Crippen molar-refractivity contribution in [1.82, 2.24) is 10.2 Å². The van der Waals surface area contributed by atoms with E-state index in [0.717, 1.165) is 12.0 Å². The zero-order valence-electron chi connectivity index (χ0n) is 12.7. The maximum absolute atomic E-state index is 3.93. The summed E-state index contributed by atoms with van der Waals surface area (Å²) in [7, 11) is 2.25.